The summed E-state index contributed by atoms with van der Waals surface area (Å²) in [5.74, 6) is 1.51. The average molecular weight is 369 g/mol. The van der Waals surface area contributed by atoms with E-state index >= 15 is 0 Å². The van der Waals surface area contributed by atoms with Gasteiger partial charge in [0.05, 0.1) is 0 Å². The second kappa shape index (κ2) is 6.26. The third kappa shape index (κ3) is 3.34. The summed E-state index contributed by atoms with van der Waals surface area (Å²) in [6, 6.07) is 11.5. The van der Waals surface area contributed by atoms with Crippen LogP contribution < -0.4 is 15.2 Å². The highest BCUT2D eigenvalue weighted by Crippen LogP contribution is 2.38. The number of ether oxygens (including phenoxy) is 2. The van der Waals surface area contributed by atoms with E-state index in [1.165, 1.54) is 0 Å². The number of hydrogen-bond acceptors (Lipinski definition) is 3. The molecular formula is C16H15BrClNO2. The molecule has 2 aromatic rings. The van der Waals surface area contributed by atoms with Crippen LogP contribution in [0.25, 0.3) is 0 Å². The fourth-order valence-corrected chi connectivity index (χ4v) is 3.22. The number of fused-ring (bicyclic) bond motifs is 1. The van der Waals surface area contributed by atoms with Gasteiger partial charge in [0.25, 0.3) is 0 Å². The first-order valence-electron chi connectivity index (χ1n) is 6.72. The van der Waals surface area contributed by atoms with Crippen LogP contribution in [0.2, 0.25) is 5.02 Å². The van der Waals surface area contributed by atoms with E-state index in [1.54, 1.807) is 0 Å². The van der Waals surface area contributed by atoms with E-state index in [1.807, 2.05) is 36.4 Å². The van der Waals surface area contributed by atoms with Gasteiger partial charge in [0.15, 0.2) is 11.5 Å². The predicted octanol–water partition coefficient (Wildman–Crippen LogP) is 4.12. The van der Waals surface area contributed by atoms with Crippen molar-refractivity contribution in [2.45, 2.75) is 12.5 Å². The summed E-state index contributed by atoms with van der Waals surface area (Å²) < 4.78 is 12.1. The van der Waals surface area contributed by atoms with Gasteiger partial charge in [-0.1, -0.05) is 39.7 Å². The van der Waals surface area contributed by atoms with Crippen LogP contribution >= 0.6 is 27.5 Å². The standard InChI is InChI=1S/C16H15BrClNO2/c17-13-9-16-15(20-4-5-21-16)8-12(13)14(19)7-10-2-1-3-11(18)6-10/h1-3,6,8-9,14H,4-5,7,19H2. The lowest BCUT2D eigenvalue weighted by atomic mass is 9.99. The molecule has 0 radical (unpaired) electrons. The summed E-state index contributed by atoms with van der Waals surface area (Å²) in [6.07, 6.45) is 0.707. The van der Waals surface area contributed by atoms with Gasteiger partial charge in [-0.25, -0.2) is 0 Å². The van der Waals surface area contributed by atoms with Crippen LogP contribution in [0.15, 0.2) is 40.9 Å². The Bertz CT molecular complexity index is 663. The Morgan fingerprint density at radius 3 is 2.57 bits per heavy atom. The van der Waals surface area contributed by atoms with E-state index in [0.29, 0.717) is 19.6 Å². The Kier molecular flexibility index (Phi) is 4.38. The summed E-state index contributed by atoms with van der Waals surface area (Å²) in [4.78, 5) is 0. The number of halogens is 2. The molecule has 0 saturated heterocycles. The predicted molar refractivity (Wildman–Crippen MR) is 87.2 cm³/mol. The van der Waals surface area contributed by atoms with Crippen molar-refractivity contribution in [2.24, 2.45) is 5.73 Å². The number of nitrogens with two attached hydrogens (primary N) is 1. The first-order valence-corrected chi connectivity index (χ1v) is 7.89. The second-order valence-corrected chi connectivity index (χ2v) is 6.25. The van der Waals surface area contributed by atoms with Crippen LogP contribution in [0.4, 0.5) is 0 Å². The van der Waals surface area contributed by atoms with Gasteiger partial charge in [0.2, 0.25) is 0 Å². The molecule has 0 amide bonds. The van der Waals surface area contributed by atoms with Gasteiger partial charge in [0.1, 0.15) is 13.2 Å². The van der Waals surface area contributed by atoms with E-state index < -0.39 is 0 Å². The molecule has 1 aliphatic rings. The monoisotopic (exact) mass is 367 g/mol. The summed E-state index contributed by atoms with van der Waals surface area (Å²) in [6.45, 7) is 1.14. The molecule has 3 rings (SSSR count). The van der Waals surface area contributed by atoms with E-state index in [2.05, 4.69) is 15.9 Å². The fraction of sp³-hybridized carbons (Fsp3) is 0.250. The smallest absolute Gasteiger partial charge is 0.162 e. The van der Waals surface area contributed by atoms with E-state index in [9.17, 15) is 0 Å². The normalized spacial score (nSPS) is 14.8. The highest BCUT2D eigenvalue weighted by atomic mass is 79.9. The molecule has 0 bridgehead atoms. The maximum Gasteiger partial charge on any atom is 0.162 e. The lowest BCUT2D eigenvalue weighted by Gasteiger charge is -2.22. The SMILES string of the molecule is NC(Cc1cccc(Cl)c1)c1cc2c(cc1Br)OCCO2. The average Bonchev–Trinajstić information content (AvgIpc) is 2.46. The van der Waals surface area contributed by atoms with Crippen molar-refractivity contribution in [1.29, 1.82) is 0 Å². The molecule has 0 spiro atoms. The molecule has 2 aromatic carbocycles. The first kappa shape index (κ1) is 14.7. The van der Waals surface area contributed by atoms with Crippen molar-refractivity contribution in [1.82, 2.24) is 0 Å². The highest BCUT2D eigenvalue weighted by molar-refractivity contribution is 9.10. The zero-order chi connectivity index (χ0) is 14.8. The van der Waals surface area contributed by atoms with Crippen LogP contribution in [0.5, 0.6) is 11.5 Å². The van der Waals surface area contributed by atoms with E-state index in [-0.39, 0.29) is 6.04 Å². The van der Waals surface area contributed by atoms with Gasteiger partial charge in [-0.15, -0.1) is 0 Å². The van der Waals surface area contributed by atoms with E-state index in [4.69, 9.17) is 26.8 Å². The van der Waals surface area contributed by atoms with Gasteiger partial charge in [-0.3, -0.25) is 0 Å². The minimum atomic E-state index is -0.145. The Hall–Kier alpha value is -1.23. The van der Waals surface area contributed by atoms with Crippen LogP contribution in [0, 0.1) is 0 Å². The molecule has 1 heterocycles. The summed E-state index contributed by atoms with van der Waals surface area (Å²) >= 11 is 9.58. The third-order valence-corrected chi connectivity index (χ3v) is 4.33. The van der Waals surface area contributed by atoms with Gasteiger partial charge in [0, 0.05) is 15.5 Å². The molecule has 1 atom stereocenters. The summed E-state index contributed by atoms with van der Waals surface area (Å²) in [7, 11) is 0. The van der Waals surface area contributed by atoms with Crippen LogP contribution in [-0.2, 0) is 6.42 Å². The largest absolute Gasteiger partial charge is 0.486 e. The van der Waals surface area contributed by atoms with Gasteiger partial charge in [-0.05, 0) is 41.8 Å². The van der Waals surface area contributed by atoms with Crippen LogP contribution in [0.3, 0.4) is 0 Å². The molecule has 0 aromatic heterocycles. The minimum Gasteiger partial charge on any atom is -0.486 e. The summed E-state index contributed by atoms with van der Waals surface area (Å²) in [5, 5.41) is 0.723. The highest BCUT2D eigenvalue weighted by Gasteiger charge is 2.18. The zero-order valence-corrected chi connectivity index (χ0v) is 13.7. The molecule has 2 N–H and O–H groups in total. The number of rotatable bonds is 3. The molecule has 3 nitrogen and oxygen atoms in total. The van der Waals surface area contributed by atoms with Crippen LogP contribution in [0.1, 0.15) is 17.2 Å². The molecule has 21 heavy (non-hydrogen) atoms. The van der Waals surface area contributed by atoms with Crippen LogP contribution in [-0.4, -0.2) is 13.2 Å². The lowest BCUT2D eigenvalue weighted by molar-refractivity contribution is 0.171. The van der Waals surface area contributed by atoms with E-state index in [0.717, 1.165) is 32.1 Å². The summed E-state index contributed by atoms with van der Waals surface area (Å²) in [5.41, 5.74) is 8.45. The Morgan fingerprint density at radius 1 is 1.14 bits per heavy atom. The van der Waals surface area contributed by atoms with Crippen molar-refractivity contribution in [3.63, 3.8) is 0 Å². The Labute approximate surface area is 137 Å². The van der Waals surface area contributed by atoms with Crippen molar-refractivity contribution in [3.8, 4) is 11.5 Å². The maximum atomic E-state index is 6.34. The Morgan fingerprint density at radius 2 is 1.86 bits per heavy atom. The molecule has 0 saturated carbocycles. The second-order valence-electron chi connectivity index (χ2n) is 4.96. The van der Waals surface area contributed by atoms with Gasteiger partial charge >= 0.3 is 0 Å². The van der Waals surface area contributed by atoms with Gasteiger partial charge in [-0.2, -0.15) is 0 Å². The van der Waals surface area contributed by atoms with Crippen molar-refractivity contribution in [3.05, 3.63) is 57.0 Å². The number of hydrogen-bond donors (Lipinski definition) is 1. The number of benzene rings is 2. The molecule has 0 fully saturated rings. The molecule has 1 aliphatic heterocycles. The Balaban J connectivity index is 1.85. The molecule has 1 unspecified atom stereocenters. The topological polar surface area (TPSA) is 44.5 Å². The molecule has 5 heteroatoms. The lowest BCUT2D eigenvalue weighted by Crippen LogP contribution is -2.18. The third-order valence-electron chi connectivity index (χ3n) is 3.41. The molecular weight excluding hydrogens is 354 g/mol. The van der Waals surface area contributed by atoms with Crippen molar-refractivity contribution in [2.75, 3.05) is 13.2 Å². The van der Waals surface area contributed by atoms with Crippen molar-refractivity contribution >= 4 is 27.5 Å². The fourth-order valence-electron chi connectivity index (χ4n) is 2.39. The first-order chi connectivity index (χ1) is 10.1. The molecule has 0 aliphatic carbocycles. The maximum absolute atomic E-state index is 6.34. The quantitative estimate of drug-likeness (QED) is 0.886. The van der Waals surface area contributed by atoms with Crippen molar-refractivity contribution < 1.29 is 9.47 Å². The molecule has 110 valence electrons. The minimum absolute atomic E-state index is 0.145. The van der Waals surface area contributed by atoms with Gasteiger partial charge < -0.3 is 15.2 Å². The zero-order valence-electron chi connectivity index (χ0n) is 11.3.